The maximum absolute atomic E-state index is 13.9. The number of carbonyl (C=O) groups is 1. The Balaban J connectivity index is 1.31. The zero-order valence-electron chi connectivity index (χ0n) is 17.5. The molecule has 1 aromatic carbocycles. The van der Waals surface area contributed by atoms with Crippen LogP contribution in [0.2, 0.25) is 0 Å². The second kappa shape index (κ2) is 8.93. The lowest BCUT2D eigenvalue weighted by atomic mass is 9.72. The Kier molecular flexibility index (Phi) is 5.87. The lowest BCUT2D eigenvalue weighted by Gasteiger charge is -2.42. The first-order chi connectivity index (χ1) is 15.2. The fourth-order valence-electron chi connectivity index (χ4n) is 4.92. The first kappa shape index (κ1) is 20.4. The molecule has 2 aliphatic rings. The molecule has 2 saturated heterocycles. The highest BCUT2D eigenvalue weighted by Gasteiger charge is 2.44. The van der Waals surface area contributed by atoms with Crippen molar-refractivity contribution in [1.82, 2.24) is 15.0 Å². The van der Waals surface area contributed by atoms with E-state index < -0.39 is 5.41 Å². The van der Waals surface area contributed by atoms with E-state index in [0.717, 1.165) is 49.9 Å². The Morgan fingerprint density at radius 1 is 1.19 bits per heavy atom. The largest absolute Gasteiger partial charge is 0.381 e. The molecule has 0 bridgehead atoms. The van der Waals surface area contributed by atoms with E-state index in [1.54, 1.807) is 11.3 Å². The zero-order valence-corrected chi connectivity index (χ0v) is 18.4. The Morgan fingerprint density at radius 3 is 2.81 bits per heavy atom. The molecule has 31 heavy (non-hydrogen) atoms. The Hall–Kier alpha value is -2.51. The summed E-state index contributed by atoms with van der Waals surface area (Å²) in [5.74, 6) is 1.88. The molecule has 0 aliphatic carbocycles. The minimum absolute atomic E-state index is 0.246. The van der Waals surface area contributed by atoms with Crippen LogP contribution in [0.4, 0.5) is 0 Å². The highest BCUT2D eigenvalue weighted by molar-refractivity contribution is 7.08. The quantitative estimate of drug-likeness (QED) is 0.594. The maximum atomic E-state index is 13.9. The molecule has 0 N–H and O–H groups in total. The predicted molar refractivity (Wildman–Crippen MR) is 119 cm³/mol. The number of hydrogen-bond acceptors (Lipinski definition) is 6. The third kappa shape index (κ3) is 4.16. The molecule has 7 heteroatoms. The van der Waals surface area contributed by atoms with E-state index in [9.17, 15) is 4.79 Å². The molecule has 3 aromatic rings. The van der Waals surface area contributed by atoms with E-state index in [1.165, 1.54) is 0 Å². The van der Waals surface area contributed by atoms with Crippen LogP contribution in [0.1, 0.15) is 37.1 Å². The highest BCUT2D eigenvalue weighted by Crippen LogP contribution is 2.38. The van der Waals surface area contributed by atoms with Gasteiger partial charge < -0.3 is 14.2 Å². The number of carbonyl (C=O) groups excluding carboxylic acids is 1. The number of thiophene rings is 1. The zero-order chi connectivity index (χ0) is 21.1. The van der Waals surface area contributed by atoms with Crippen LogP contribution in [0.25, 0.3) is 11.4 Å². The first-order valence-corrected chi connectivity index (χ1v) is 12.0. The average Bonchev–Trinajstić information content (AvgIpc) is 3.52. The van der Waals surface area contributed by atoms with Crippen LogP contribution in [0.15, 0.2) is 51.7 Å². The molecule has 6 nitrogen and oxygen atoms in total. The van der Waals surface area contributed by atoms with Crippen molar-refractivity contribution in [1.29, 1.82) is 0 Å². The average molecular weight is 438 g/mol. The number of likely N-dealkylation sites (tertiary alicyclic amines) is 1. The van der Waals surface area contributed by atoms with Gasteiger partial charge in [0.05, 0.1) is 5.41 Å². The van der Waals surface area contributed by atoms with Crippen molar-refractivity contribution >= 4 is 17.2 Å². The minimum atomic E-state index is -0.474. The number of aromatic nitrogens is 2. The van der Waals surface area contributed by atoms with E-state index in [2.05, 4.69) is 27.2 Å². The Labute approximate surface area is 186 Å². The summed E-state index contributed by atoms with van der Waals surface area (Å²) in [6, 6.07) is 12.2. The van der Waals surface area contributed by atoms with Crippen LogP contribution in [0.3, 0.4) is 0 Å². The van der Waals surface area contributed by atoms with Gasteiger partial charge in [-0.1, -0.05) is 35.5 Å². The van der Waals surface area contributed by atoms with Crippen molar-refractivity contribution in [2.45, 2.75) is 37.5 Å². The number of hydrogen-bond donors (Lipinski definition) is 0. The van der Waals surface area contributed by atoms with E-state index in [1.807, 2.05) is 35.0 Å². The molecule has 5 rings (SSSR count). The molecule has 0 saturated carbocycles. The van der Waals surface area contributed by atoms with E-state index in [-0.39, 0.29) is 5.91 Å². The molecule has 162 valence electrons. The summed E-state index contributed by atoms with van der Waals surface area (Å²) in [6.45, 7) is 2.82. The number of amides is 1. The van der Waals surface area contributed by atoms with Gasteiger partial charge in [0.2, 0.25) is 17.6 Å². The summed E-state index contributed by atoms with van der Waals surface area (Å²) in [4.78, 5) is 20.5. The lowest BCUT2D eigenvalue weighted by Crippen LogP contribution is -2.52. The maximum Gasteiger partial charge on any atom is 0.233 e. The number of rotatable bonds is 5. The molecule has 1 atom stereocenters. The normalized spacial score (nSPS) is 21.2. The summed E-state index contributed by atoms with van der Waals surface area (Å²) < 4.78 is 11.1. The molecule has 2 fully saturated rings. The minimum Gasteiger partial charge on any atom is -0.381 e. The summed E-state index contributed by atoms with van der Waals surface area (Å²) in [6.07, 6.45) is 4.27. The summed E-state index contributed by atoms with van der Waals surface area (Å²) in [5.41, 5.74) is 1.63. The monoisotopic (exact) mass is 437 g/mol. The first-order valence-electron chi connectivity index (χ1n) is 11.0. The Bertz CT molecular complexity index is 996. The SMILES string of the molecule is O=C(N1CCCC(Cc2nc(-c3ccsc3)no2)C1)C1(c2ccccc2)CCOCC1. The number of benzene rings is 1. The second-order valence-electron chi connectivity index (χ2n) is 8.55. The van der Waals surface area contributed by atoms with Gasteiger partial charge in [0.15, 0.2) is 0 Å². The third-order valence-electron chi connectivity index (χ3n) is 6.60. The summed E-state index contributed by atoms with van der Waals surface area (Å²) in [5, 5.41) is 8.16. The molecule has 0 spiro atoms. The van der Waals surface area contributed by atoms with Crippen molar-refractivity contribution in [2.75, 3.05) is 26.3 Å². The standard InChI is InChI=1S/C24H27N3O3S/c28-23(24(9-12-29-13-10-24)20-6-2-1-3-7-20)27-11-4-5-18(16-27)15-21-25-22(26-30-21)19-8-14-31-17-19/h1-3,6-8,14,17-18H,4-5,9-13,15-16H2. The second-order valence-corrected chi connectivity index (χ2v) is 9.33. The highest BCUT2D eigenvalue weighted by atomic mass is 32.1. The third-order valence-corrected chi connectivity index (χ3v) is 7.28. The Morgan fingerprint density at radius 2 is 2.03 bits per heavy atom. The van der Waals surface area contributed by atoms with Gasteiger partial charge in [0.25, 0.3) is 0 Å². The van der Waals surface area contributed by atoms with Gasteiger partial charge in [0, 0.05) is 43.7 Å². The van der Waals surface area contributed by atoms with Crippen molar-refractivity contribution in [3.05, 3.63) is 58.6 Å². The number of piperidine rings is 1. The van der Waals surface area contributed by atoms with Crippen LogP contribution >= 0.6 is 11.3 Å². The molecule has 4 heterocycles. The fraction of sp³-hybridized carbons (Fsp3) is 0.458. The van der Waals surface area contributed by atoms with Gasteiger partial charge >= 0.3 is 0 Å². The van der Waals surface area contributed by atoms with Crippen LogP contribution in [-0.4, -0.2) is 47.3 Å². The molecule has 0 radical (unpaired) electrons. The van der Waals surface area contributed by atoms with E-state index in [4.69, 9.17) is 9.26 Å². The van der Waals surface area contributed by atoms with Gasteiger partial charge in [-0.3, -0.25) is 4.79 Å². The van der Waals surface area contributed by atoms with Crippen LogP contribution in [0.5, 0.6) is 0 Å². The molecule has 2 aromatic heterocycles. The summed E-state index contributed by atoms with van der Waals surface area (Å²) in [7, 11) is 0. The van der Waals surface area contributed by atoms with Crippen molar-refractivity contribution in [3.63, 3.8) is 0 Å². The smallest absolute Gasteiger partial charge is 0.233 e. The number of ether oxygens (including phenoxy) is 1. The van der Waals surface area contributed by atoms with Crippen LogP contribution < -0.4 is 0 Å². The number of nitrogens with zero attached hydrogens (tertiary/aromatic N) is 3. The fourth-order valence-corrected chi connectivity index (χ4v) is 5.55. The van der Waals surface area contributed by atoms with E-state index >= 15 is 0 Å². The summed E-state index contributed by atoms with van der Waals surface area (Å²) >= 11 is 1.62. The predicted octanol–water partition coefficient (Wildman–Crippen LogP) is 4.33. The molecule has 1 unspecified atom stereocenters. The van der Waals surface area contributed by atoms with Gasteiger partial charge in [0.1, 0.15) is 0 Å². The molecular weight excluding hydrogens is 410 g/mol. The topological polar surface area (TPSA) is 68.5 Å². The lowest BCUT2D eigenvalue weighted by molar-refractivity contribution is -0.143. The molecule has 2 aliphatic heterocycles. The molecule has 1 amide bonds. The van der Waals surface area contributed by atoms with Gasteiger partial charge in [-0.2, -0.15) is 16.3 Å². The van der Waals surface area contributed by atoms with Crippen LogP contribution in [-0.2, 0) is 21.4 Å². The van der Waals surface area contributed by atoms with E-state index in [0.29, 0.717) is 37.3 Å². The van der Waals surface area contributed by atoms with Crippen molar-refractivity contribution in [2.24, 2.45) is 5.92 Å². The van der Waals surface area contributed by atoms with Gasteiger partial charge in [-0.15, -0.1) is 0 Å². The van der Waals surface area contributed by atoms with Crippen molar-refractivity contribution < 1.29 is 14.1 Å². The van der Waals surface area contributed by atoms with Gasteiger partial charge in [-0.25, -0.2) is 0 Å². The van der Waals surface area contributed by atoms with Gasteiger partial charge in [-0.05, 0) is 48.6 Å². The molecular formula is C24H27N3O3S. The van der Waals surface area contributed by atoms with Crippen molar-refractivity contribution in [3.8, 4) is 11.4 Å². The van der Waals surface area contributed by atoms with Crippen LogP contribution in [0, 0.1) is 5.92 Å².